The topological polar surface area (TPSA) is 20.2 Å². The maximum Gasteiger partial charge on any atom is 0.0854 e. The molecular weight excluding hydrogens is 156 g/mol. The van der Waals surface area contributed by atoms with Gasteiger partial charge in [0.15, 0.2) is 0 Å². The van der Waals surface area contributed by atoms with Crippen LogP contribution < -0.4 is 0 Å². The van der Waals surface area contributed by atoms with E-state index in [0.29, 0.717) is 0 Å². The van der Waals surface area contributed by atoms with Gasteiger partial charge in [-0.15, -0.1) is 11.3 Å². The molecule has 0 radical (unpaired) electrons. The molecule has 0 bridgehead atoms. The first kappa shape index (κ1) is 7.32. The quantitative estimate of drug-likeness (QED) is 0.719. The molecule has 2 rings (SSSR count). The van der Waals surface area contributed by atoms with E-state index in [1.807, 2.05) is 13.0 Å². The summed E-state index contributed by atoms with van der Waals surface area (Å²) in [6.07, 6.45) is 2.41. The molecule has 2 heteroatoms. The van der Waals surface area contributed by atoms with Crippen LogP contribution in [0, 0.1) is 0 Å². The van der Waals surface area contributed by atoms with Crippen molar-refractivity contribution in [1.82, 2.24) is 0 Å². The Bertz CT molecular complexity index is 231. The van der Waals surface area contributed by atoms with Crippen molar-refractivity contribution in [3.05, 3.63) is 21.9 Å². The summed E-state index contributed by atoms with van der Waals surface area (Å²) in [5.74, 6) is 0.826. The molecule has 0 aliphatic heterocycles. The molecule has 0 aromatic carbocycles. The third-order valence-electron chi connectivity index (χ3n) is 2.04. The molecule has 60 valence electrons. The van der Waals surface area contributed by atoms with Crippen molar-refractivity contribution in [2.75, 3.05) is 0 Å². The van der Waals surface area contributed by atoms with E-state index in [2.05, 4.69) is 6.07 Å². The second-order valence-corrected chi connectivity index (χ2v) is 4.34. The Labute approximate surface area is 70.7 Å². The van der Waals surface area contributed by atoms with Crippen molar-refractivity contribution >= 4 is 11.3 Å². The van der Waals surface area contributed by atoms with E-state index in [4.69, 9.17) is 0 Å². The second kappa shape index (κ2) is 2.61. The normalized spacial score (nSPS) is 20.2. The van der Waals surface area contributed by atoms with Crippen molar-refractivity contribution in [2.45, 2.75) is 31.8 Å². The molecular formula is C9H12OS. The first-order chi connectivity index (χ1) is 5.27. The van der Waals surface area contributed by atoms with E-state index >= 15 is 0 Å². The smallest absolute Gasteiger partial charge is 0.0854 e. The van der Waals surface area contributed by atoms with Gasteiger partial charge in [-0.3, -0.25) is 0 Å². The van der Waals surface area contributed by atoms with Crippen LogP contribution in [0.4, 0.5) is 0 Å². The number of hydrogen-bond acceptors (Lipinski definition) is 2. The first-order valence-corrected chi connectivity index (χ1v) is 4.86. The van der Waals surface area contributed by atoms with E-state index in [9.17, 15) is 5.11 Å². The fraction of sp³-hybridized carbons (Fsp3) is 0.556. The predicted octanol–water partition coefficient (Wildman–Crippen LogP) is 2.68. The number of rotatable bonds is 2. The molecule has 1 heterocycles. The Hall–Kier alpha value is -0.340. The van der Waals surface area contributed by atoms with Gasteiger partial charge in [0.1, 0.15) is 0 Å². The van der Waals surface area contributed by atoms with E-state index in [1.165, 1.54) is 17.7 Å². The standard InChI is InChI=1S/C9H12OS/c1-6(10)8-4-5-9(11-8)7-2-3-7/h4-7,10H,2-3H2,1H3. The van der Waals surface area contributed by atoms with Crippen LogP contribution in [0.2, 0.25) is 0 Å². The molecule has 1 saturated carbocycles. The zero-order chi connectivity index (χ0) is 7.84. The van der Waals surface area contributed by atoms with Gasteiger partial charge in [-0.25, -0.2) is 0 Å². The summed E-state index contributed by atoms with van der Waals surface area (Å²) in [4.78, 5) is 2.56. The summed E-state index contributed by atoms with van der Waals surface area (Å²) in [6.45, 7) is 1.82. The van der Waals surface area contributed by atoms with E-state index < -0.39 is 0 Å². The van der Waals surface area contributed by atoms with Crippen molar-refractivity contribution < 1.29 is 5.11 Å². The fourth-order valence-electron chi connectivity index (χ4n) is 1.18. The van der Waals surface area contributed by atoms with Crippen molar-refractivity contribution in [3.8, 4) is 0 Å². The molecule has 1 aromatic heterocycles. The summed E-state index contributed by atoms with van der Waals surface area (Å²) in [6, 6.07) is 4.20. The van der Waals surface area contributed by atoms with Gasteiger partial charge >= 0.3 is 0 Å². The van der Waals surface area contributed by atoms with Gasteiger partial charge in [-0.05, 0) is 37.8 Å². The highest BCUT2D eigenvalue weighted by atomic mass is 32.1. The summed E-state index contributed by atoms with van der Waals surface area (Å²) in [7, 11) is 0. The SMILES string of the molecule is CC(O)c1ccc(C2CC2)s1. The highest BCUT2D eigenvalue weighted by Gasteiger charge is 2.25. The number of aliphatic hydroxyl groups excluding tert-OH is 1. The lowest BCUT2D eigenvalue weighted by Crippen LogP contribution is -1.83. The van der Waals surface area contributed by atoms with E-state index in [1.54, 1.807) is 11.3 Å². The lowest BCUT2D eigenvalue weighted by Gasteiger charge is -1.96. The zero-order valence-corrected chi connectivity index (χ0v) is 7.40. The average Bonchev–Trinajstić information content (AvgIpc) is 2.68. The van der Waals surface area contributed by atoms with Crippen molar-refractivity contribution in [3.63, 3.8) is 0 Å². The highest BCUT2D eigenvalue weighted by Crippen LogP contribution is 2.43. The fourth-order valence-corrected chi connectivity index (χ4v) is 2.30. The maximum atomic E-state index is 9.25. The molecule has 11 heavy (non-hydrogen) atoms. The molecule has 1 unspecified atom stereocenters. The second-order valence-electron chi connectivity index (χ2n) is 3.19. The summed E-state index contributed by atoms with van der Waals surface area (Å²) >= 11 is 1.76. The summed E-state index contributed by atoms with van der Waals surface area (Å²) in [5, 5.41) is 9.25. The third-order valence-corrected chi connectivity index (χ3v) is 3.46. The Morgan fingerprint density at radius 2 is 2.27 bits per heavy atom. The van der Waals surface area contributed by atoms with E-state index in [-0.39, 0.29) is 6.10 Å². The van der Waals surface area contributed by atoms with Crippen molar-refractivity contribution in [2.24, 2.45) is 0 Å². The number of thiophene rings is 1. The average molecular weight is 168 g/mol. The van der Waals surface area contributed by atoms with Crippen LogP contribution in [0.5, 0.6) is 0 Å². The minimum atomic E-state index is -0.285. The van der Waals surface area contributed by atoms with Crippen LogP contribution in [-0.2, 0) is 0 Å². The van der Waals surface area contributed by atoms with Crippen LogP contribution in [-0.4, -0.2) is 5.11 Å². The summed E-state index contributed by atoms with van der Waals surface area (Å²) < 4.78 is 0. The van der Waals surface area contributed by atoms with Gasteiger partial charge in [-0.1, -0.05) is 0 Å². The monoisotopic (exact) mass is 168 g/mol. The van der Waals surface area contributed by atoms with Gasteiger partial charge < -0.3 is 5.11 Å². The van der Waals surface area contributed by atoms with E-state index in [0.717, 1.165) is 10.8 Å². The maximum absolute atomic E-state index is 9.25. The minimum Gasteiger partial charge on any atom is -0.388 e. The largest absolute Gasteiger partial charge is 0.388 e. The Morgan fingerprint density at radius 3 is 2.73 bits per heavy atom. The molecule has 1 aliphatic rings. The molecule has 0 spiro atoms. The van der Waals surface area contributed by atoms with Crippen molar-refractivity contribution in [1.29, 1.82) is 0 Å². The first-order valence-electron chi connectivity index (χ1n) is 4.05. The van der Waals surface area contributed by atoms with Crippen LogP contribution >= 0.6 is 11.3 Å². The zero-order valence-electron chi connectivity index (χ0n) is 6.58. The van der Waals surface area contributed by atoms with Crippen LogP contribution in [0.3, 0.4) is 0 Å². The van der Waals surface area contributed by atoms with Gasteiger partial charge in [0.2, 0.25) is 0 Å². The third kappa shape index (κ3) is 1.47. The number of aliphatic hydroxyl groups is 1. The van der Waals surface area contributed by atoms with Gasteiger partial charge in [0, 0.05) is 9.75 Å². The minimum absolute atomic E-state index is 0.285. The molecule has 1 atom stereocenters. The van der Waals surface area contributed by atoms with Gasteiger partial charge in [-0.2, -0.15) is 0 Å². The molecule has 1 aromatic rings. The van der Waals surface area contributed by atoms with Crippen LogP contribution in [0.15, 0.2) is 12.1 Å². The lowest BCUT2D eigenvalue weighted by atomic mass is 10.3. The Balaban J connectivity index is 2.18. The predicted molar refractivity (Wildman–Crippen MR) is 46.9 cm³/mol. The van der Waals surface area contributed by atoms with Crippen LogP contribution in [0.25, 0.3) is 0 Å². The molecule has 0 saturated heterocycles. The molecule has 1 aliphatic carbocycles. The molecule has 1 fully saturated rings. The van der Waals surface area contributed by atoms with Crippen LogP contribution in [0.1, 0.15) is 41.5 Å². The molecule has 0 amide bonds. The summed E-state index contributed by atoms with van der Waals surface area (Å²) in [5.41, 5.74) is 0. The van der Waals surface area contributed by atoms with Gasteiger partial charge in [0.05, 0.1) is 6.10 Å². The molecule has 1 N–H and O–H groups in total. The Kier molecular flexibility index (Phi) is 1.74. The van der Waals surface area contributed by atoms with Gasteiger partial charge in [0.25, 0.3) is 0 Å². The lowest BCUT2D eigenvalue weighted by molar-refractivity contribution is 0.203. The Morgan fingerprint density at radius 1 is 1.55 bits per heavy atom. The highest BCUT2D eigenvalue weighted by molar-refractivity contribution is 7.12. The number of hydrogen-bond donors (Lipinski definition) is 1. The molecule has 1 nitrogen and oxygen atoms in total.